The maximum Gasteiger partial charge on any atom is 0.418 e. The molecule has 1 heterocycles. The minimum Gasteiger partial charge on any atom is -0.443 e. The fourth-order valence-electron chi connectivity index (χ4n) is 2.20. The maximum atomic E-state index is 13.0. The molecule has 0 aliphatic carbocycles. The number of hydrogen-bond acceptors (Lipinski definition) is 2. The molecular formula is C18H22FNO2. The minimum absolute atomic E-state index is 0.212. The molecule has 1 aliphatic rings. The van der Waals surface area contributed by atoms with E-state index in [0.717, 1.165) is 12.0 Å². The van der Waals surface area contributed by atoms with Gasteiger partial charge in [0.15, 0.2) is 0 Å². The Hall–Kier alpha value is -2.10. The average molecular weight is 303 g/mol. The number of allylic oxidation sites excluding steroid dienone is 2. The Balaban J connectivity index is 2.02. The van der Waals surface area contributed by atoms with E-state index in [4.69, 9.17) is 4.74 Å². The van der Waals surface area contributed by atoms with Crippen LogP contribution in [-0.2, 0) is 11.2 Å². The van der Waals surface area contributed by atoms with Gasteiger partial charge in [-0.1, -0.05) is 31.2 Å². The molecule has 0 aromatic heterocycles. The van der Waals surface area contributed by atoms with Gasteiger partial charge < -0.3 is 4.74 Å². The van der Waals surface area contributed by atoms with E-state index in [1.165, 1.54) is 17.0 Å². The van der Waals surface area contributed by atoms with Gasteiger partial charge in [0, 0.05) is 17.8 Å². The first-order chi connectivity index (χ1) is 10.2. The molecule has 1 aromatic rings. The van der Waals surface area contributed by atoms with Gasteiger partial charge >= 0.3 is 6.09 Å². The molecule has 1 amide bonds. The maximum absolute atomic E-state index is 13.0. The molecule has 0 saturated heterocycles. The Labute approximate surface area is 131 Å². The first-order valence-corrected chi connectivity index (χ1v) is 7.31. The largest absolute Gasteiger partial charge is 0.443 e. The van der Waals surface area contributed by atoms with Crippen molar-refractivity contribution in [1.29, 1.82) is 0 Å². The third-order valence-electron chi connectivity index (χ3n) is 3.33. The molecule has 0 spiro atoms. The molecule has 22 heavy (non-hydrogen) atoms. The van der Waals surface area contributed by atoms with Gasteiger partial charge in [0.25, 0.3) is 0 Å². The van der Waals surface area contributed by atoms with Crippen molar-refractivity contribution in [3.05, 3.63) is 60.2 Å². The first kappa shape index (κ1) is 16.3. The number of amides is 1. The summed E-state index contributed by atoms with van der Waals surface area (Å²) < 4.78 is 18.3. The molecule has 1 aromatic carbocycles. The summed E-state index contributed by atoms with van der Waals surface area (Å²) in [7, 11) is 0. The van der Waals surface area contributed by atoms with Crippen LogP contribution < -0.4 is 0 Å². The van der Waals surface area contributed by atoms with E-state index in [0.29, 0.717) is 0 Å². The minimum atomic E-state index is -0.520. The number of hydrogen-bond donors (Lipinski definition) is 0. The molecule has 2 rings (SSSR count). The summed E-state index contributed by atoms with van der Waals surface area (Å²) in [4.78, 5) is 13.4. The number of halogens is 1. The van der Waals surface area contributed by atoms with Crippen LogP contribution in [0.1, 0.15) is 33.3 Å². The summed E-state index contributed by atoms with van der Waals surface area (Å²) >= 11 is 0. The van der Waals surface area contributed by atoms with Crippen LogP contribution in [0.5, 0.6) is 0 Å². The Morgan fingerprint density at radius 2 is 1.73 bits per heavy atom. The highest BCUT2D eigenvalue weighted by Gasteiger charge is 2.25. The average Bonchev–Trinajstić information content (AvgIpc) is 2.40. The molecule has 3 nitrogen and oxygen atoms in total. The lowest BCUT2D eigenvalue weighted by molar-refractivity contribution is 0.0395. The van der Waals surface area contributed by atoms with Gasteiger partial charge in [-0.05, 0) is 44.9 Å². The lowest BCUT2D eigenvalue weighted by atomic mass is 9.82. The van der Waals surface area contributed by atoms with Gasteiger partial charge in [-0.15, -0.1) is 0 Å². The standard InChI is InChI=1S/C18H22FNO2/c1-17(2,3)22-16(21)20-11-9-18(4,10-12-20)13-14-5-7-15(19)8-6-14/h5-12H,13H2,1-4H3. The predicted molar refractivity (Wildman–Crippen MR) is 84.6 cm³/mol. The number of benzene rings is 1. The molecule has 1 aliphatic heterocycles. The van der Waals surface area contributed by atoms with Gasteiger partial charge in [0.2, 0.25) is 0 Å². The van der Waals surface area contributed by atoms with Crippen molar-refractivity contribution in [1.82, 2.24) is 4.90 Å². The number of carbonyl (C=O) groups is 1. The summed E-state index contributed by atoms with van der Waals surface area (Å²) in [5.74, 6) is -0.236. The molecule has 4 heteroatoms. The van der Waals surface area contributed by atoms with Crippen LogP contribution in [0.2, 0.25) is 0 Å². The van der Waals surface area contributed by atoms with E-state index in [9.17, 15) is 9.18 Å². The Morgan fingerprint density at radius 3 is 2.23 bits per heavy atom. The summed E-state index contributed by atoms with van der Waals surface area (Å²) in [6.07, 6.45) is 7.70. The molecule has 0 fully saturated rings. The highest BCUT2D eigenvalue weighted by Crippen LogP contribution is 2.30. The van der Waals surface area contributed by atoms with Gasteiger partial charge in [0.1, 0.15) is 11.4 Å². The second kappa shape index (κ2) is 5.95. The van der Waals surface area contributed by atoms with Crippen LogP contribution in [0.25, 0.3) is 0 Å². The zero-order chi connectivity index (χ0) is 16.4. The molecule has 0 atom stereocenters. The topological polar surface area (TPSA) is 29.5 Å². The van der Waals surface area contributed by atoms with Crippen LogP contribution in [0.4, 0.5) is 9.18 Å². The highest BCUT2D eigenvalue weighted by atomic mass is 19.1. The molecule has 0 saturated carbocycles. The summed E-state index contributed by atoms with van der Waals surface area (Å²) in [5, 5.41) is 0. The second-order valence-corrected chi connectivity index (χ2v) is 6.83. The van der Waals surface area contributed by atoms with Gasteiger partial charge in [-0.2, -0.15) is 0 Å². The van der Waals surface area contributed by atoms with E-state index in [-0.39, 0.29) is 11.2 Å². The van der Waals surface area contributed by atoms with E-state index in [1.54, 1.807) is 24.5 Å². The van der Waals surface area contributed by atoms with Crippen molar-refractivity contribution in [3.63, 3.8) is 0 Å². The van der Waals surface area contributed by atoms with Crippen LogP contribution in [-0.4, -0.2) is 16.6 Å². The zero-order valence-electron chi connectivity index (χ0n) is 13.5. The van der Waals surface area contributed by atoms with Crippen molar-refractivity contribution >= 4 is 6.09 Å². The van der Waals surface area contributed by atoms with E-state index < -0.39 is 11.7 Å². The van der Waals surface area contributed by atoms with Crippen molar-refractivity contribution in [2.24, 2.45) is 5.41 Å². The summed E-state index contributed by atoms with van der Waals surface area (Å²) in [6, 6.07) is 6.48. The van der Waals surface area contributed by atoms with Crippen molar-refractivity contribution in [2.45, 2.75) is 39.7 Å². The van der Waals surface area contributed by atoms with Crippen molar-refractivity contribution < 1.29 is 13.9 Å². The Kier molecular flexibility index (Phi) is 4.40. The van der Waals surface area contributed by atoms with Gasteiger partial charge in [-0.25, -0.2) is 9.18 Å². The highest BCUT2D eigenvalue weighted by molar-refractivity contribution is 5.71. The third kappa shape index (κ3) is 4.45. The van der Waals surface area contributed by atoms with Crippen molar-refractivity contribution in [2.75, 3.05) is 0 Å². The molecule has 0 radical (unpaired) electrons. The quantitative estimate of drug-likeness (QED) is 0.795. The molecular weight excluding hydrogens is 281 g/mol. The summed E-state index contributed by atoms with van der Waals surface area (Å²) in [6.45, 7) is 7.57. The zero-order valence-corrected chi connectivity index (χ0v) is 13.5. The third-order valence-corrected chi connectivity index (χ3v) is 3.33. The SMILES string of the molecule is CC1(Cc2ccc(F)cc2)C=CN(C(=O)OC(C)(C)C)C=C1. The van der Waals surface area contributed by atoms with Crippen LogP contribution >= 0.6 is 0 Å². The van der Waals surface area contributed by atoms with E-state index >= 15 is 0 Å². The monoisotopic (exact) mass is 303 g/mol. The van der Waals surface area contributed by atoms with E-state index in [2.05, 4.69) is 6.92 Å². The summed E-state index contributed by atoms with van der Waals surface area (Å²) in [5.41, 5.74) is 0.313. The number of ether oxygens (including phenoxy) is 1. The smallest absolute Gasteiger partial charge is 0.418 e. The lowest BCUT2D eigenvalue weighted by Gasteiger charge is -2.29. The lowest BCUT2D eigenvalue weighted by Crippen LogP contribution is -2.32. The Bertz CT molecular complexity index is 583. The van der Waals surface area contributed by atoms with E-state index in [1.807, 2.05) is 32.9 Å². The van der Waals surface area contributed by atoms with Crippen molar-refractivity contribution in [3.8, 4) is 0 Å². The second-order valence-electron chi connectivity index (χ2n) is 6.83. The predicted octanol–water partition coefficient (Wildman–Crippen LogP) is 4.65. The normalized spacial score (nSPS) is 16.7. The fraction of sp³-hybridized carbons (Fsp3) is 0.389. The van der Waals surface area contributed by atoms with Crippen LogP contribution in [0.15, 0.2) is 48.8 Å². The van der Waals surface area contributed by atoms with Gasteiger partial charge in [0.05, 0.1) is 0 Å². The van der Waals surface area contributed by atoms with Crippen LogP contribution in [0.3, 0.4) is 0 Å². The van der Waals surface area contributed by atoms with Gasteiger partial charge in [-0.3, -0.25) is 4.90 Å². The van der Waals surface area contributed by atoms with Crippen LogP contribution in [0, 0.1) is 11.2 Å². The number of nitrogens with zero attached hydrogens (tertiary/aromatic N) is 1. The molecule has 118 valence electrons. The first-order valence-electron chi connectivity index (χ1n) is 7.31. The molecule has 0 unspecified atom stereocenters. The fourth-order valence-corrected chi connectivity index (χ4v) is 2.20. The molecule has 0 N–H and O–H groups in total. The molecule has 0 bridgehead atoms. The number of rotatable bonds is 2. The Morgan fingerprint density at radius 1 is 1.18 bits per heavy atom. The number of carbonyl (C=O) groups excluding carboxylic acids is 1.